The van der Waals surface area contributed by atoms with Crippen molar-refractivity contribution in [3.05, 3.63) is 131 Å². The van der Waals surface area contributed by atoms with Crippen molar-refractivity contribution in [2.24, 2.45) is 0 Å². The Morgan fingerprint density at radius 1 is 0.286 bits per heavy atom. The lowest BCUT2D eigenvalue weighted by Crippen LogP contribution is -1.80. The molecule has 0 atom stereocenters. The average Bonchev–Trinajstić information content (AvgIpc) is 2.78. The molecule has 0 aliphatic carbocycles. The summed E-state index contributed by atoms with van der Waals surface area (Å²) in [6, 6.07) is 38.1. The van der Waals surface area contributed by atoms with Crippen molar-refractivity contribution < 1.29 is 0 Å². The van der Waals surface area contributed by atoms with Gasteiger partial charge in [0.25, 0.3) is 0 Å². The number of benzene rings is 4. The van der Waals surface area contributed by atoms with Crippen LogP contribution in [0.25, 0.3) is 35.4 Å². The van der Waals surface area contributed by atoms with Gasteiger partial charge in [-0.2, -0.15) is 0 Å². The summed E-state index contributed by atoms with van der Waals surface area (Å²) in [5.74, 6) is 0. The monoisotopic (exact) mass is 358 g/mol. The van der Waals surface area contributed by atoms with Crippen LogP contribution in [-0.4, -0.2) is 0 Å². The van der Waals surface area contributed by atoms with Crippen LogP contribution in [0.5, 0.6) is 0 Å². The summed E-state index contributed by atoms with van der Waals surface area (Å²) in [4.78, 5) is 0. The molecule has 0 heterocycles. The molecule has 0 spiro atoms. The van der Waals surface area contributed by atoms with Gasteiger partial charge in [-0.1, -0.05) is 133 Å². The lowest BCUT2D eigenvalue weighted by atomic mass is 10.0. The summed E-state index contributed by atoms with van der Waals surface area (Å²) in [5, 5.41) is 0. The molecule has 0 radical (unpaired) electrons. The fourth-order valence-corrected chi connectivity index (χ4v) is 3.09. The van der Waals surface area contributed by atoms with Gasteiger partial charge >= 0.3 is 0 Å². The Kier molecular flexibility index (Phi) is 5.60. The maximum atomic E-state index is 2.18. The zero-order chi connectivity index (χ0) is 19.0. The Labute approximate surface area is 167 Å². The Morgan fingerprint density at radius 3 is 0.893 bits per heavy atom. The molecule has 0 nitrogen and oxygen atoms in total. The molecule has 0 fully saturated rings. The van der Waals surface area contributed by atoms with Crippen LogP contribution >= 0.6 is 0 Å². The molecule has 0 aliphatic rings. The van der Waals surface area contributed by atoms with Crippen LogP contribution in [0, 0.1) is 0 Å². The van der Waals surface area contributed by atoms with Gasteiger partial charge in [-0.25, -0.2) is 0 Å². The van der Waals surface area contributed by atoms with E-state index in [1.54, 1.807) is 0 Å². The molecular weight excluding hydrogens is 336 g/mol. The van der Waals surface area contributed by atoms with Crippen molar-refractivity contribution in [1.29, 1.82) is 0 Å². The Bertz CT molecular complexity index is 961. The minimum Gasteiger partial charge on any atom is -0.0622 e. The van der Waals surface area contributed by atoms with Crippen LogP contribution in [0.1, 0.15) is 22.3 Å². The molecule has 0 unspecified atom stereocenters. The van der Waals surface area contributed by atoms with Crippen molar-refractivity contribution in [2.75, 3.05) is 0 Å². The highest BCUT2D eigenvalue weighted by atomic mass is 14.0. The second kappa shape index (κ2) is 8.83. The van der Waals surface area contributed by atoms with Gasteiger partial charge in [0.1, 0.15) is 0 Å². The zero-order valence-corrected chi connectivity index (χ0v) is 15.7. The van der Waals surface area contributed by atoms with E-state index in [9.17, 15) is 0 Å². The van der Waals surface area contributed by atoms with E-state index in [1.165, 1.54) is 33.4 Å². The number of hydrogen-bond donors (Lipinski definition) is 0. The van der Waals surface area contributed by atoms with Crippen molar-refractivity contribution in [3.63, 3.8) is 0 Å². The Balaban J connectivity index is 1.44. The highest BCUT2D eigenvalue weighted by Gasteiger charge is 1.98. The molecule has 28 heavy (non-hydrogen) atoms. The van der Waals surface area contributed by atoms with E-state index < -0.39 is 0 Å². The molecule has 0 N–H and O–H groups in total. The third kappa shape index (κ3) is 4.75. The normalized spacial score (nSPS) is 11.3. The summed E-state index contributed by atoms with van der Waals surface area (Å²) in [7, 11) is 0. The van der Waals surface area contributed by atoms with Crippen LogP contribution in [-0.2, 0) is 0 Å². The van der Waals surface area contributed by atoms with Gasteiger partial charge in [0.15, 0.2) is 0 Å². The molecule has 0 amide bonds. The Hall–Kier alpha value is -3.64. The first-order valence-electron chi connectivity index (χ1n) is 9.54. The number of hydrogen-bond acceptors (Lipinski definition) is 0. The summed E-state index contributed by atoms with van der Waals surface area (Å²) < 4.78 is 0. The predicted octanol–water partition coefficient (Wildman–Crippen LogP) is 7.69. The van der Waals surface area contributed by atoms with E-state index >= 15 is 0 Å². The van der Waals surface area contributed by atoms with E-state index in [2.05, 4.69) is 121 Å². The van der Waals surface area contributed by atoms with E-state index in [-0.39, 0.29) is 0 Å². The SMILES string of the molecule is C(=Cc1ccc(-c2ccc(/C=C/c3ccccc3)cc2)cc1)c1ccccc1. The summed E-state index contributed by atoms with van der Waals surface area (Å²) in [6.45, 7) is 0. The first-order chi connectivity index (χ1) is 13.9. The first kappa shape index (κ1) is 17.8. The third-order valence-corrected chi connectivity index (χ3v) is 4.69. The van der Waals surface area contributed by atoms with Gasteiger partial charge in [-0.3, -0.25) is 0 Å². The standard InChI is InChI=1S/C28H22/c1-3-7-23(8-4-1)11-13-25-15-19-27(20-16-25)28-21-17-26(18-22-28)14-12-24-9-5-2-6-10-24/h1-22H/b13-11+,14-12?. The predicted molar refractivity (Wildman–Crippen MR) is 123 cm³/mol. The minimum atomic E-state index is 1.20. The zero-order valence-electron chi connectivity index (χ0n) is 15.7. The molecule has 0 aromatic heterocycles. The first-order valence-corrected chi connectivity index (χ1v) is 9.54. The summed E-state index contributed by atoms with van der Waals surface area (Å²) in [5.41, 5.74) is 7.30. The molecule has 4 rings (SSSR count). The van der Waals surface area contributed by atoms with Crippen molar-refractivity contribution in [3.8, 4) is 11.1 Å². The van der Waals surface area contributed by atoms with Gasteiger partial charge < -0.3 is 0 Å². The second-order valence-electron chi connectivity index (χ2n) is 6.73. The molecular formula is C28H22. The van der Waals surface area contributed by atoms with Crippen LogP contribution in [0.4, 0.5) is 0 Å². The lowest BCUT2D eigenvalue weighted by molar-refractivity contribution is 1.58. The fourth-order valence-electron chi connectivity index (χ4n) is 3.09. The Morgan fingerprint density at radius 2 is 0.571 bits per heavy atom. The number of rotatable bonds is 5. The van der Waals surface area contributed by atoms with Crippen LogP contribution in [0.2, 0.25) is 0 Å². The van der Waals surface area contributed by atoms with E-state index in [0.29, 0.717) is 0 Å². The minimum absolute atomic E-state index is 1.20. The molecule has 4 aromatic rings. The molecule has 4 aromatic carbocycles. The second-order valence-corrected chi connectivity index (χ2v) is 6.73. The van der Waals surface area contributed by atoms with Gasteiger partial charge in [0.2, 0.25) is 0 Å². The molecule has 0 heteroatoms. The molecule has 134 valence electrons. The average molecular weight is 358 g/mol. The van der Waals surface area contributed by atoms with Gasteiger partial charge in [-0.05, 0) is 33.4 Å². The largest absolute Gasteiger partial charge is 0.0622 e. The van der Waals surface area contributed by atoms with E-state index in [4.69, 9.17) is 0 Å². The van der Waals surface area contributed by atoms with Crippen molar-refractivity contribution >= 4 is 24.3 Å². The van der Waals surface area contributed by atoms with Crippen LogP contribution < -0.4 is 0 Å². The quantitative estimate of drug-likeness (QED) is 0.321. The van der Waals surface area contributed by atoms with E-state index in [0.717, 1.165) is 0 Å². The molecule has 0 aliphatic heterocycles. The smallest absolute Gasteiger partial charge is 0.0184 e. The maximum Gasteiger partial charge on any atom is -0.0184 e. The summed E-state index contributed by atoms with van der Waals surface area (Å²) in [6.07, 6.45) is 8.58. The van der Waals surface area contributed by atoms with Crippen LogP contribution in [0.3, 0.4) is 0 Å². The summed E-state index contributed by atoms with van der Waals surface area (Å²) >= 11 is 0. The highest BCUT2D eigenvalue weighted by molar-refractivity contribution is 5.74. The van der Waals surface area contributed by atoms with Crippen LogP contribution in [0.15, 0.2) is 109 Å². The maximum absolute atomic E-state index is 2.18. The topological polar surface area (TPSA) is 0 Å². The fraction of sp³-hybridized carbons (Fsp3) is 0. The molecule has 0 saturated heterocycles. The van der Waals surface area contributed by atoms with Gasteiger partial charge in [0, 0.05) is 0 Å². The van der Waals surface area contributed by atoms with Gasteiger partial charge in [-0.15, -0.1) is 0 Å². The van der Waals surface area contributed by atoms with Crippen molar-refractivity contribution in [2.45, 2.75) is 0 Å². The highest BCUT2D eigenvalue weighted by Crippen LogP contribution is 2.22. The van der Waals surface area contributed by atoms with E-state index in [1.807, 2.05) is 12.1 Å². The lowest BCUT2D eigenvalue weighted by Gasteiger charge is -2.03. The third-order valence-electron chi connectivity index (χ3n) is 4.69. The van der Waals surface area contributed by atoms with Gasteiger partial charge in [0.05, 0.1) is 0 Å². The molecule has 0 saturated carbocycles. The molecule has 0 bridgehead atoms. The van der Waals surface area contributed by atoms with Crippen molar-refractivity contribution in [1.82, 2.24) is 0 Å².